The second kappa shape index (κ2) is 6.39. The quantitative estimate of drug-likeness (QED) is 0.710. The van der Waals surface area contributed by atoms with Gasteiger partial charge in [-0.15, -0.1) is 0 Å². The van der Waals surface area contributed by atoms with Gasteiger partial charge in [-0.25, -0.2) is 4.79 Å². The summed E-state index contributed by atoms with van der Waals surface area (Å²) in [5, 5.41) is 16.2. The molecule has 0 radical (unpaired) electrons. The average molecular weight is 239 g/mol. The molecule has 5 heteroatoms. The third kappa shape index (κ3) is 4.19. The molecule has 0 aromatic carbocycles. The molecular formula is C12H21N3O2. The van der Waals surface area contributed by atoms with Crippen molar-refractivity contribution in [2.24, 2.45) is 13.0 Å². The van der Waals surface area contributed by atoms with Crippen LogP contribution in [0.3, 0.4) is 0 Å². The molecule has 0 atom stereocenters. The minimum Gasteiger partial charge on any atom is -0.478 e. The van der Waals surface area contributed by atoms with Gasteiger partial charge in [0.05, 0.1) is 11.9 Å². The highest BCUT2D eigenvalue weighted by atomic mass is 16.4. The predicted molar refractivity (Wildman–Crippen MR) is 65.9 cm³/mol. The monoisotopic (exact) mass is 239 g/mol. The summed E-state index contributed by atoms with van der Waals surface area (Å²) in [6.07, 6.45) is 3.69. The number of hydrogen-bond donors (Lipinski definition) is 2. The number of nitrogens with zero attached hydrogens (tertiary/aromatic N) is 2. The Hall–Kier alpha value is -1.36. The van der Waals surface area contributed by atoms with Crippen molar-refractivity contribution in [3.63, 3.8) is 0 Å². The highest BCUT2D eigenvalue weighted by Gasteiger charge is 2.13. The average Bonchev–Trinajstić information content (AvgIpc) is 2.59. The second-order valence-corrected chi connectivity index (χ2v) is 4.65. The fourth-order valence-electron chi connectivity index (χ4n) is 1.69. The maximum atomic E-state index is 10.9. The third-order valence-corrected chi connectivity index (χ3v) is 2.72. The number of carboxylic acids is 1. The van der Waals surface area contributed by atoms with E-state index >= 15 is 0 Å². The molecule has 1 rings (SSSR count). The second-order valence-electron chi connectivity index (χ2n) is 4.65. The Morgan fingerprint density at radius 1 is 1.59 bits per heavy atom. The van der Waals surface area contributed by atoms with Crippen molar-refractivity contribution >= 4 is 5.97 Å². The molecule has 2 N–H and O–H groups in total. The first-order valence-corrected chi connectivity index (χ1v) is 5.97. The topological polar surface area (TPSA) is 67.2 Å². The molecule has 0 aliphatic heterocycles. The van der Waals surface area contributed by atoms with Gasteiger partial charge in [-0.05, 0) is 25.3 Å². The Morgan fingerprint density at radius 3 is 2.88 bits per heavy atom. The molecule has 1 aromatic heterocycles. The molecule has 0 spiro atoms. The number of aromatic carboxylic acids is 1. The Bertz CT molecular complexity index is 372. The van der Waals surface area contributed by atoms with Gasteiger partial charge < -0.3 is 10.4 Å². The Balaban J connectivity index is 2.41. The molecule has 0 bridgehead atoms. The van der Waals surface area contributed by atoms with Crippen molar-refractivity contribution in [3.8, 4) is 0 Å². The van der Waals surface area contributed by atoms with E-state index in [0.29, 0.717) is 12.5 Å². The largest absolute Gasteiger partial charge is 0.478 e. The summed E-state index contributed by atoms with van der Waals surface area (Å²) in [4.78, 5) is 10.9. The highest BCUT2D eigenvalue weighted by molar-refractivity contribution is 5.88. The number of carboxylic acid groups (broad SMARTS) is 1. The number of carbonyl (C=O) groups is 1. The molecule has 1 heterocycles. The van der Waals surface area contributed by atoms with Gasteiger partial charge in [0.15, 0.2) is 0 Å². The molecule has 1 aromatic rings. The van der Waals surface area contributed by atoms with E-state index < -0.39 is 5.97 Å². The van der Waals surface area contributed by atoms with Gasteiger partial charge >= 0.3 is 5.97 Å². The van der Waals surface area contributed by atoms with E-state index in [1.807, 2.05) is 0 Å². The molecule has 0 fully saturated rings. The Morgan fingerprint density at radius 2 is 2.29 bits per heavy atom. The SMILES string of the molecule is CC(C)CCCNCc1c(C(=O)O)cnn1C. The zero-order valence-electron chi connectivity index (χ0n) is 10.7. The predicted octanol–water partition coefficient (Wildman–Crippen LogP) is 1.64. The van der Waals surface area contributed by atoms with Gasteiger partial charge in [0, 0.05) is 13.6 Å². The van der Waals surface area contributed by atoms with Gasteiger partial charge in [0.2, 0.25) is 0 Å². The van der Waals surface area contributed by atoms with E-state index in [2.05, 4.69) is 24.3 Å². The first-order chi connectivity index (χ1) is 8.02. The Kier molecular flexibility index (Phi) is 5.15. The van der Waals surface area contributed by atoms with E-state index in [1.54, 1.807) is 11.7 Å². The molecule has 96 valence electrons. The van der Waals surface area contributed by atoms with E-state index in [-0.39, 0.29) is 5.56 Å². The summed E-state index contributed by atoms with van der Waals surface area (Å²) in [5.74, 6) is -0.208. The van der Waals surface area contributed by atoms with Crippen LogP contribution in [0.5, 0.6) is 0 Å². The van der Waals surface area contributed by atoms with Crippen LogP contribution in [-0.2, 0) is 13.6 Å². The van der Waals surface area contributed by atoms with Crippen LogP contribution >= 0.6 is 0 Å². The van der Waals surface area contributed by atoms with Gasteiger partial charge in [-0.2, -0.15) is 5.10 Å². The van der Waals surface area contributed by atoms with Crippen molar-refractivity contribution in [2.45, 2.75) is 33.2 Å². The van der Waals surface area contributed by atoms with Crippen LogP contribution in [0.25, 0.3) is 0 Å². The summed E-state index contributed by atoms with van der Waals surface area (Å²) in [7, 11) is 1.76. The maximum Gasteiger partial charge on any atom is 0.339 e. The summed E-state index contributed by atoms with van der Waals surface area (Å²) in [5.41, 5.74) is 1.01. The minimum atomic E-state index is -0.919. The highest BCUT2D eigenvalue weighted by Crippen LogP contribution is 2.07. The molecule has 0 unspecified atom stereocenters. The fraction of sp³-hybridized carbons (Fsp3) is 0.667. The fourth-order valence-corrected chi connectivity index (χ4v) is 1.69. The maximum absolute atomic E-state index is 10.9. The van der Waals surface area contributed by atoms with Crippen molar-refractivity contribution in [3.05, 3.63) is 17.5 Å². The smallest absolute Gasteiger partial charge is 0.339 e. The Labute approximate surface area is 102 Å². The third-order valence-electron chi connectivity index (χ3n) is 2.72. The van der Waals surface area contributed by atoms with E-state index in [9.17, 15) is 4.79 Å². The summed E-state index contributed by atoms with van der Waals surface area (Å²) >= 11 is 0. The number of rotatable bonds is 7. The lowest BCUT2D eigenvalue weighted by molar-refractivity contribution is 0.0695. The van der Waals surface area contributed by atoms with Gasteiger partial charge in [-0.3, -0.25) is 4.68 Å². The van der Waals surface area contributed by atoms with Crippen LogP contribution in [-0.4, -0.2) is 27.4 Å². The molecule has 0 saturated carbocycles. The number of aryl methyl sites for hydroxylation is 1. The van der Waals surface area contributed by atoms with E-state index in [0.717, 1.165) is 18.7 Å². The van der Waals surface area contributed by atoms with Gasteiger partial charge in [0.1, 0.15) is 5.56 Å². The lowest BCUT2D eigenvalue weighted by Gasteiger charge is -2.07. The van der Waals surface area contributed by atoms with Crippen LogP contribution < -0.4 is 5.32 Å². The number of nitrogens with one attached hydrogen (secondary N) is 1. The van der Waals surface area contributed by atoms with Crippen LogP contribution in [0.15, 0.2) is 6.20 Å². The van der Waals surface area contributed by atoms with Crippen molar-refractivity contribution < 1.29 is 9.90 Å². The standard InChI is InChI=1S/C12H21N3O2/c1-9(2)5-4-6-13-8-11-10(12(16)17)7-14-15(11)3/h7,9,13H,4-6,8H2,1-3H3,(H,16,17). The van der Waals surface area contributed by atoms with Crippen molar-refractivity contribution in [2.75, 3.05) is 6.54 Å². The van der Waals surface area contributed by atoms with Crippen molar-refractivity contribution in [1.82, 2.24) is 15.1 Å². The molecule has 0 amide bonds. The lowest BCUT2D eigenvalue weighted by Crippen LogP contribution is -2.19. The van der Waals surface area contributed by atoms with Crippen LogP contribution in [0.1, 0.15) is 42.7 Å². The van der Waals surface area contributed by atoms with Crippen LogP contribution in [0.4, 0.5) is 0 Å². The first kappa shape index (κ1) is 13.7. The van der Waals surface area contributed by atoms with Crippen LogP contribution in [0.2, 0.25) is 0 Å². The number of aromatic nitrogens is 2. The molecule has 0 aliphatic rings. The first-order valence-electron chi connectivity index (χ1n) is 5.97. The molecule has 5 nitrogen and oxygen atoms in total. The zero-order chi connectivity index (χ0) is 12.8. The number of hydrogen-bond acceptors (Lipinski definition) is 3. The normalized spacial score (nSPS) is 11.1. The lowest BCUT2D eigenvalue weighted by atomic mass is 10.1. The van der Waals surface area contributed by atoms with Gasteiger partial charge in [0.25, 0.3) is 0 Å². The molecule has 17 heavy (non-hydrogen) atoms. The van der Waals surface area contributed by atoms with Crippen molar-refractivity contribution in [1.29, 1.82) is 0 Å². The van der Waals surface area contributed by atoms with Gasteiger partial charge in [-0.1, -0.05) is 13.8 Å². The molecule has 0 aliphatic carbocycles. The minimum absolute atomic E-state index is 0.281. The van der Waals surface area contributed by atoms with E-state index in [4.69, 9.17) is 5.11 Å². The summed E-state index contributed by atoms with van der Waals surface area (Å²) in [6.45, 7) is 5.85. The van der Waals surface area contributed by atoms with Crippen LogP contribution in [0, 0.1) is 5.92 Å². The summed E-state index contributed by atoms with van der Waals surface area (Å²) < 4.78 is 1.61. The molecule has 0 saturated heterocycles. The van der Waals surface area contributed by atoms with E-state index in [1.165, 1.54) is 12.6 Å². The summed E-state index contributed by atoms with van der Waals surface area (Å²) in [6, 6.07) is 0. The molecular weight excluding hydrogens is 218 g/mol. The zero-order valence-corrected chi connectivity index (χ0v) is 10.7.